The van der Waals surface area contributed by atoms with Crippen molar-refractivity contribution in [2.75, 3.05) is 18.2 Å². The van der Waals surface area contributed by atoms with E-state index >= 15 is 0 Å². The second-order valence-corrected chi connectivity index (χ2v) is 6.91. The topological polar surface area (TPSA) is 56.2 Å². The summed E-state index contributed by atoms with van der Waals surface area (Å²) in [5, 5.41) is 3.69. The molecule has 1 aromatic heterocycles. The van der Waals surface area contributed by atoms with E-state index in [2.05, 4.69) is 16.4 Å². The number of hydrogen-bond acceptors (Lipinski definition) is 4. The molecular formula is C20H21N3O2S. The summed E-state index contributed by atoms with van der Waals surface area (Å²) in [4.78, 5) is 16.7. The average Bonchev–Trinajstić information content (AvgIpc) is 3.07. The SMILES string of the molecule is COc1ccccc1-n1ccnc1SCC(=O)Nc1cc(C)cc(C)c1. The quantitative estimate of drug-likeness (QED) is 0.663. The predicted molar refractivity (Wildman–Crippen MR) is 105 cm³/mol. The fraction of sp³-hybridized carbons (Fsp3) is 0.200. The lowest BCUT2D eigenvalue weighted by Gasteiger charge is -2.12. The smallest absolute Gasteiger partial charge is 0.234 e. The van der Waals surface area contributed by atoms with Crippen LogP contribution in [0.4, 0.5) is 5.69 Å². The zero-order valence-electron chi connectivity index (χ0n) is 15.0. The molecule has 134 valence electrons. The minimum Gasteiger partial charge on any atom is -0.495 e. The number of hydrogen-bond donors (Lipinski definition) is 1. The van der Waals surface area contributed by atoms with Crippen LogP contribution < -0.4 is 10.1 Å². The number of thioether (sulfide) groups is 1. The molecule has 3 aromatic rings. The van der Waals surface area contributed by atoms with Gasteiger partial charge in [-0.3, -0.25) is 9.36 Å². The van der Waals surface area contributed by atoms with Gasteiger partial charge >= 0.3 is 0 Å². The first kappa shape index (κ1) is 18.1. The van der Waals surface area contributed by atoms with E-state index in [4.69, 9.17) is 4.74 Å². The van der Waals surface area contributed by atoms with Crippen molar-refractivity contribution in [3.63, 3.8) is 0 Å². The number of nitrogens with one attached hydrogen (secondary N) is 1. The molecule has 1 amide bonds. The first-order chi connectivity index (χ1) is 12.6. The number of imidazole rings is 1. The zero-order valence-corrected chi connectivity index (χ0v) is 15.8. The maximum absolute atomic E-state index is 12.3. The highest BCUT2D eigenvalue weighted by molar-refractivity contribution is 7.99. The van der Waals surface area contributed by atoms with Crippen LogP contribution in [0.3, 0.4) is 0 Å². The molecule has 26 heavy (non-hydrogen) atoms. The normalized spacial score (nSPS) is 10.6. The lowest BCUT2D eigenvalue weighted by atomic mass is 10.1. The van der Waals surface area contributed by atoms with Crippen molar-refractivity contribution in [3.05, 3.63) is 66.0 Å². The number of aromatic nitrogens is 2. The van der Waals surface area contributed by atoms with Crippen LogP contribution in [0.2, 0.25) is 0 Å². The fourth-order valence-corrected chi connectivity index (χ4v) is 3.55. The molecule has 0 unspecified atom stereocenters. The van der Waals surface area contributed by atoms with Crippen LogP contribution in [0.5, 0.6) is 5.75 Å². The average molecular weight is 367 g/mol. The van der Waals surface area contributed by atoms with Gasteiger partial charge in [-0.25, -0.2) is 4.98 Å². The summed E-state index contributed by atoms with van der Waals surface area (Å²) in [5.74, 6) is 0.973. The van der Waals surface area contributed by atoms with Gasteiger partial charge in [-0.2, -0.15) is 0 Å². The number of methoxy groups -OCH3 is 1. The standard InChI is InChI=1S/C20H21N3O2S/c1-14-10-15(2)12-16(11-14)22-19(24)13-26-20-21-8-9-23(20)17-6-4-5-7-18(17)25-3/h4-12H,13H2,1-3H3,(H,22,24). The van der Waals surface area contributed by atoms with Crippen molar-refractivity contribution >= 4 is 23.4 Å². The molecule has 0 aliphatic heterocycles. The first-order valence-electron chi connectivity index (χ1n) is 8.24. The maximum atomic E-state index is 12.3. The zero-order chi connectivity index (χ0) is 18.5. The highest BCUT2D eigenvalue weighted by Gasteiger charge is 2.12. The summed E-state index contributed by atoms with van der Waals surface area (Å²) in [6.07, 6.45) is 3.58. The highest BCUT2D eigenvalue weighted by atomic mass is 32.2. The van der Waals surface area contributed by atoms with Gasteiger partial charge in [0, 0.05) is 18.1 Å². The van der Waals surface area contributed by atoms with Gasteiger partial charge in [-0.1, -0.05) is 30.0 Å². The van der Waals surface area contributed by atoms with Crippen molar-refractivity contribution in [2.45, 2.75) is 19.0 Å². The Hall–Kier alpha value is -2.73. The number of ether oxygens (including phenoxy) is 1. The van der Waals surface area contributed by atoms with Crippen LogP contribution in [0.1, 0.15) is 11.1 Å². The summed E-state index contributed by atoms with van der Waals surface area (Å²) in [6.45, 7) is 4.03. The molecule has 1 N–H and O–H groups in total. The van der Waals surface area contributed by atoms with Gasteiger partial charge in [-0.05, 0) is 49.2 Å². The maximum Gasteiger partial charge on any atom is 0.234 e. The molecule has 6 heteroatoms. The third-order valence-corrected chi connectivity index (χ3v) is 4.76. The fourth-order valence-electron chi connectivity index (χ4n) is 2.78. The highest BCUT2D eigenvalue weighted by Crippen LogP contribution is 2.27. The monoisotopic (exact) mass is 367 g/mol. The van der Waals surface area contributed by atoms with Crippen molar-refractivity contribution < 1.29 is 9.53 Å². The minimum atomic E-state index is -0.0606. The van der Waals surface area contributed by atoms with Crippen LogP contribution in [-0.4, -0.2) is 28.3 Å². The van der Waals surface area contributed by atoms with Crippen molar-refractivity contribution in [1.82, 2.24) is 9.55 Å². The summed E-state index contributed by atoms with van der Waals surface area (Å²) in [5.41, 5.74) is 3.96. The van der Waals surface area contributed by atoms with Crippen LogP contribution in [0.25, 0.3) is 5.69 Å². The number of benzene rings is 2. The van der Waals surface area contributed by atoms with Crippen LogP contribution >= 0.6 is 11.8 Å². The van der Waals surface area contributed by atoms with Crippen LogP contribution in [0.15, 0.2) is 60.0 Å². The van der Waals surface area contributed by atoms with Crippen molar-refractivity contribution in [1.29, 1.82) is 0 Å². The van der Waals surface area contributed by atoms with Crippen molar-refractivity contribution in [3.8, 4) is 11.4 Å². The molecule has 0 saturated heterocycles. The molecule has 3 rings (SSSR count). The molecule has 0 bridgehead atoms. The molecule has 0 aliphatic carbocycles. The number of aryl methyl sites for hydroxylation is 2. The Balaban J connectivity index is 1.69. The van der Waals surface area contributed by atoms with E-state index in [0.29, 0.717) is 0 Å². The lowest BCUT2D eigenvalue weighted by Crippen LogP contribution is -2.14. The van der Waals surface area contributed by atoms with E-state index in [1.54, 1.807) is 13.3 Å². The summed E-state index contributed by atoms with van der Waals surface area (Å²) in [6, 6.07) is 13.7. The Kier molecular flexibility index (Phi) is 5.63. The Morgan fingerprint density at radius 2 is 1.92 bits per heavy atom. The molecule has 2 aromatic carbocycles. The molecule has 0 fully saturated rings. The molecule has 0 atom stereocenters. The number of amides is 1. The van der Waals surface area contributed by atoms with E-state index < -0.39 is 0 Å². The van der Waals surface area contributed by atoms with Crippen molar-refractivity contribution in [2.24, 2.45) is 0 Å². The second kappa shape index (κ2) is 8.10. The van der Waals surface area contributed by atoms with Gasteiger partial charge in [-0.15, -0.1) is 0 Å². The summed E-state index contributed by atoms with van der Waals surface area (Å²) >= 11 is 1.39. The van der Waals surface area contributed by atoms with E-state index in [9.17, 15) is 4.79 Å². The number of anilines is 1. The number of carbonyl (C=O) groups is 1. The van der Waals surface area contributed by atoms with Gasteiger partial charge in [0.1, 0.15) is 5.75 Å². The van der Waals surface area contributed by atoms with Crippen LogP contribution in [-0.2, 0) is 4.79 Å². The van der Waals surface area contributed by atoms with E-state index in [1.165, 1.54) is 11.8 Å². The first-order valence-corrected chi connectivity index (χ1v) is 9.23. The molecule has 1 heterocycles. The summed E-state index contributed by atoms with van der Waals surface area (Å²) in [7, 11) is 1.64. The van der Waals surface area contributed by atoms with E-state index in [1.807, 2.05) is 61.0 Å². The number of nitrogens with zero attached hydrogens (tertiary/aromatic N) is 2. The molecule has 0 aliphatic rings. The lowest BCUT2D eigenvalue weighted by molar-refractivity contribution is -0.113. The molecule has 0 spiro atoms. The largest absolute Gasteiger partial charge is 0.495 e. The number of para-hydroxylation sites is 2. The van der Waals surface area contributed by atoms with Gasteiger partial charge in [0.15, 0.2) is 5.16 Å². The Bertz CT molecular complexity index is 901. The van der Waals surface area contributed by atoms with Crippen LogP contribution in [0, 0.1) is 13.8 Å². The molecule has 5 nitrogen and oxygen atoms in total. The predicted octanol–water partition coefficient (Wildman–Crippen LogP) is 4.23. The van der Waals surface area contributed by atoms with Gasteiger partial charge < -0.3 is 10.1 Å². The second-order valence-electron chi connectivity index (χ2n) is 5.96. The third-order valence-electron chi connectivity index (χ3n) is 3.79. The Morgan fingerprint density at radius 1 is 1.19 bits per heavy atom. The summed E-state index contributed by atoms with van der Waals surface area (Å²) < 4.78 is 7.34. The third kappa shape index (κ3) is 4.26. The van der Waals surface area contributed by atoms with E-state index in [0.717, 1.165) is 33.4 Å². The number of rotatable bonds is 6. The molecular weight excluding hydrogens is 346 g/mol. The molecule has 0 radical (unpaired) electrons. The van der Waals surface area contributed by atoms with Gasteiger partial charge in [0.05, 0.1) is 18.6 Å². The molecule has 0 saturated carbocycles. The van der Waals surface area contributed by atoms with E-state index in [-0.39, 0.29) is 11.7 Å². The minimum absolute atomic E-state index is 0.0606. The number of carbonyl (C=O) groups excluding carboxylic acids is 1. The van der Waals surface area contributed by atoms with Gasteiger partial charge in [0.2, 0.25) is 5.91 Å². The Morgan fingerprint density at radius 3 is 2.65 bits per heavy atom. The van der Waals surface area contributed by atoms with Gasteiger partial charge in [0.25, 0.3) is 0 Å². The Labute approximate surface area is 157 Å².